The number of carbonyl (C=O) groups is 1. The van der Waals surface area contributed by atoms with E-state index in [0.717, 1.165) is 16.8 Å². The van der Waals surface area contributed by atoms with Crippen LogP contribution in [0.5, 0.6) is 0 Å². The third kappa shape index (κ3) is 4.21. The second-order valence-electron chi connectivity index (χ2n) is 5.27. The molecule has 0 aliphatic carbocycles. The first-order valence-corrected chi connectivity index (χ1v) is 9.72. The molecule has 1 heterocycles. The number of thiophene rings is 1. The van der Waals surface area contributed by atoms with Crippen LogP contribution in [0.25, 0.3) is 10.1 Å². The van der Waals surface area contributed by atoms with Crippen molar-refractivity contribution in [1.82, 2.24) is 0 Å². The van der Waals surface area contributed by atoms with Gasteiger partial charge in [0.15, 0.2) is 10.9 Å². The topological polar surface area (TPSA) is 50.4 Å². The predicted molar refractivity (Wildman–Crippen MR) is 112 cm³/mol. The summed E-state index contributed by atoms with van der Waals surface area (Å²) in [4.78, 5) is 12.1. The molecule has 0 unspecified atom stereocenters. The number of thiocarbonyl (C=S) groups is 1. The lowest BCUT2D eigenvalue weighted by Crippen LogP contribution is -2.20. The van der Waals surface area contributed by atoms with E-state index in [1.165, 1.54) is 18.4 Å². The molecule has 3 aromatic rings. The molecule has 0 aliphatic rings. The first-order chi connectivity index (χ1) is 12.8. The fourth-order valence-electron chi connectivity index (χ4n) is 2.30. The highest BCUT2D eigenvalue weighted by atomic mass is 79.9. The van der Waals surface area contributed by atoms with E-state index < -0.39 is 17.6 Å². The van der Waals surface area contributed by atoms with E-state index >= 15 is 0 Å². The Labute approximate surface area is 175 Å². The van der Waals surface area contributed by atoms with Crippen molar-refractivity contribution in [3.63, 3.8) is 0 Å². The summed E-state index contributed by atoms with van der Waals surface area (Å²) in [5.74, 6) is -2.00. The van der Waals surface area contributed by atoms with Gasteiger partial charge in [-0.25, -0.2) is 13.6 Å². The molecule has 0 aliphatic heterocycles. The van der Waals surface area contributed by atoms with E-state index in [0.29, 0.717) is 21.0 Å². The van der Waals surface area contributed by atoms with Gasteiger partial charge < -0.3 is 15.4 Å². The maximum Gasteiger partial charge on any atom is 0.349 e. The molecule has 0 fully saturated rings. The van der Waals surface area contributed by atoms with Crippen molar-refractivity contribution >= 4 is 83.6 Å². The normalized spacial score (nSPS) is 10.7. The molecule has 0 atom stereocenters. The number of ether oxygens (including phenoxy) is 1. The summed E-state index contributed by atoms with van der Waals surface area (Å²) < 4.78 is 32.7. The van der Waals surface area contributed by atoms with Gasteiger partial charge in [0, 0.05) is 26.3 Å². The van der Waals surface area contributed by atoms with Crippen LogP contribution >= 0.6 is 51.1 Å². The van der Waals surface area contributed by atoms with E-state index in [2.05, 4.69) is 26.6 Å². The predicted octanol–water partition coefficient (Wildman–Crippen LogP) is 6.19. The zero-order chi connectivity index (χ0) is 19.7. The van der Waals surface area contributed by atoms with Crippen LogP contribution in [-0.4, -0.2) is 18.2 Å². The number of carbonyl (C=O) groups excluding carboxylic acids is 1. The van der Waals surface area contributed by atoms with Gasteiger partial charge in [-0.2, -0.15) is 0 Å². The van der Waals surface area contributed by atoms with Crippen LogP contribution in [0.4, 0.5) is 20.2 Å². The molecule has 0 saturated carbocycles. The Kier molecular flexibility index (Phi) is 5.95. The van der Waals surface area contributed by atoms with E-state index in [-0.39, 0.29) is 15.3 Å². The molecule has 10 heteroatoms. The molecule has 2 aromatic carbocycles. The maximum absolute atomic E-state index is 13.9. The molecular formula is C17H10BrClF2N2O2S2. The third-order valence-electron chi connectivity index (χ3n) is 3.50. The van der Waals surface area contributed by atoms with Crippen LogP contribution in [0, 0.1) is 11.6 Å². The lowest BCUT2D eigenvalue weighted by atomic mass is 10.2. The number of methoxy groups -OCH3 is 1. The Morgan fingerprint density at radius 1 is 1.26 bits per heavy atom. The van der Waals surface area contributed by atoms with Gasteiger partial charge in [-0.15, -0.1) is 11.3 Å². The molecule has 2 N–H and O–H groups in total. The van der Waals surface area contributed by atoms with Crippen LogP contribution < -0.4 is 10.6 Å². The van der Waals surface area contributed by atoms with Crippen molar-refractivity contribution < 1.29 is 18.3 Å². The summed E-state index contributed by atoms with van der Waals surface area (Å²) in [6, 6.07) is 7.08. The lowest BCUT2D eigenvalue weighted by molar-refractivity contribution is 0.0606. The Bertz CT molecular complexity index is 1050. The quantitative estimate of drug-likeness (QED) is 0.338. The smallest absolute Gasteiger partial charge is 0.349 e. The molecule has 27 heavy (non-hydrogen) atoms. The summed E-state index contributed by atoms with van der Waals surface area (Å²) in [7, 11) is 1.28. The first kappa shape index (κ1) is 19.9. The number of anilines is 2. The summed E-state index contributed by atoms with van der Waals surface area (Å²) in [6.45, 7) is 0. The van der Waals surface area contributed by atoms with Crippen LogP contribution in [0.15, 0.2) is 34.8 Å². The molecule has 1 aromatic heterocycles. The number of hydrogen-bond donors (Lipinski definition) is 2. The highest BCUT2D eigenvalue weighted by molar-refractivity contribution is 9.10. The number of halogens is 4. The fraction of sp³-hybridized carbons (Fsp3) is 0.0588. The highest BCUT2D eigenvalue weighted by Crippen LogP contribution is 2.37. The van der Waals surface area contributed by atoms with Crippen molar-refractivity contribution in [2.24, 2.45) is 0 Å². The molecule has 0 amide bonds. The lowest BCUT2D eigenvalue weighted by Gasteiger charge is -2.13. The van der Waals surface area contributed by atoms with Gasteiger partial charge in [-0.05, 0) is 52.4 Å². The second kappa shape index (κ2) is 8.05. The monoisotopic (exact) mass is 490 g/mol. The molecule has 0 bridgehead atoms. The van der Waals surface area contributed by atoms with E-state index in [9.17, 15) is 13.6 Å². The Morgan fingerprint density at radius 2 is 2.00 bits per heavy atom. The summed E-state index contributed by atoms with van der Waals surface area (Å²) in [5.41, 5.74) is 0.620. The van der Waals surface area contributed by atoms with Crippen LogP contribution in [0.3, 0.4) is 0 Å². The Hall–Kier alpha value is -1.81. The molecule has 4 nitrogen and oxygen atoms in total. The van der Waals surface area contributed by atoms with Crippen molar-refractivity contribution in [1.29, 1.82) is 0 Å². The van der Waals surface area contributed by atoms with Gasteiger partial charge in [-0.1, -0.05) is 11.6 Å². The van der Waals surface area contributed by atoms with E-state index in [1.54, 1.807) is 18.2 Å². The van der Waals surface area contributed by atoms with Crippen LogP contribution in [-0.2, 0) is 4.74 Å². The van der Waals surface area contributed by atoms with Crippen molar-refractivity contribution in [3.8, 4) is 0 Å². The second-order valence-corrected chi connectivity index (χ2v) is 7.96. The van der Waals surface area contributed by atoms with Crippen LogP contribution in [0.2, 0.25) is 5.02 Å². The third-order valence-corrected chi connectivity index (χ3v) is 5.97. The van der Waals surface area contributed by atoms with Gasteiger partial charge in [0.05, 0.1) is 17.8 Å². The average Bonchev–Trinajstić information content (AvgIpc) is 2.93. The Morgan fingerprint density at radius 3 is 2.67 bits per heavy atom. The number of nitrogens with one attached hydrogen (secondary N) is 2. The van der Waals surface area contributed by atoms with Gasteiger partial charge in [0.1, 0.15) is 10.7 Å². The largest absolute Gasteiger partial charge is 0.465 e. The zero-order valence-electron chi connectivity index (χ0n) is 13.5. The number of esters is 1. The van der Waals surface area contributed by atoms with Gasteiger partial charge in [0.2, 0.25) is 0 Å². The van der Waals surface area contributed by atoms with Gasteiger partial charge in [-0.3, -0.25) is 0 Å². The number of rotatable bonds is 3. The summed E-state index contributed by atoms with van der Waals surface area (Å²) in [6.07, 6.45) is 0. The highest BCUT2D eigenvalue weighted by Gasteiger charge is 2.18. The van der Waals surface area contributed by atoms with Crippen LogP contribution in [0.1, 0.15) is 9.67 Å². The summed E-state index contributed by atoms with van der Waals surface area (Å²) >= 11 is 15.7. The minimum atomic E-state index is -0.783. The van der Waals surface area contributed by atoms with Crippen molar-refractivity contribution in [2.45, 2.75) is 0 Å². The summed E-state index contributed by atoms with van der Waals surface area (Å²) in [5, 5.41) is 6.73. The van der Waals surface area contributed by atoms with Gasteiger partial charge >= 0.3 is 5.97 Å². The Balaban J connectivity index is 1.82. The first-order valence-electron chi connectivity index (χ1n) is 7.33. The van der Waals surface area contributed by atoms with Crippen molar-refractivity contribution in [3.05, 3.63) is 56.3 Å². The number of fused-ring (bicyclic) bond motifs is 1. The van der Waals surface area contributed by atoms with Gasteiger partial charge in [0.25, 0.3) is 0 Å². The SMILES string of the molecule is COC(=O)c1sc2cc(NC(=S)Nc3c(F)cc(F)cc3Br)ccc2c1Cl. The number of hydrogen-bond acceptors (Lipinski definition) is 4. The fourth-order valence-corrected chi connectivity index (χ4v) is 4.50. The number of benzene rings is 2. The van der Waals surface area contributed by atoms with E-state index in [4.69, 9.17) is 28.6 Å². The molecule has 140 valence electrons. The van der Waals surface area contributed by atoms with Crippen molar-refractivity contribution in [2.75, 3.05) is 17.7 Å². The maximum atomic E-state index is 13.9. The minimum Gasteiger partial charge on any atom is -0.465 e. The molecular weight excluding hydrogens is 482 g/mol. The average molecular weight is 492 g/mol. The van der Waals surface area contributed by atoms with E-state index in [1.807, 2.05) is 0 Å². The standard InChI is InChI=1S/C17H10BrClF2N2O2S2/c1-25-16(24)15-13(19)9-3-2-8(6-12(9)27-15)22-17(26)23-14-10(18)4-7(20)5-11(14)21/h2-6H,1H3,(H2,22,23,26). The molecule has 0 saturated heterocycles. The zero-order valence-corrected chi connectivity index (χ0v) is 17.5. The minimum absolute atomic E-state index is 0.0159. The molecule has 3 rings (SSSR count). The molecule has 0 spiro atoms. The molecule has 0 radical (unpaired) electrons.